The lowest BCUT2D eigenvalue weighted by Gasteiger charge is -2.29. The van der Waals surface area contributed by atoms with Crippen LogP contribution in [-0.4, -0.2) is 27.9 Å². The summed E-state index contributed by atoms with van der Waals surface area (Å²) in [7, 11) is 0. The second-order valence-corrected chi connectivity index (χ2v) is 11.4. The number of carbonyl (C=O) groups excluding carboxylic acids is 1. The van der Waals surface area contributed by atoms with E-state index in [1.165, 1.54) is 36.8 Å². The molecule has 2 aliphatic rings. The second kappa shape index (κ2) is 9.50. The van der Waals surface area contributed by atoms with Crippen molar-refractivity contribution in [2.75, 3.05) is 10.6 Å². The molecule has 184 valence electrons. The number of benzene rings is 2. The summed E-state index contributed by atoms with van der Waals surface area (Å²) in [6.07, 6.45) is 6.22. The van der Waals surface area contributed by atoms with Crippen LogP contribution in [0.4, 0.5) is 16.3 Å². The van der Waals surface area contributed by atoms with Gasteiger partial charge >= 0.3 is 6.03 Å². The first-order valence-corrected chi connectivity index (χ1v) is 12.8. The SMILES string of the molecule is Cc1ccc(-n2nc(C(C)(C)C)cc2NC(=O)Nc2cccc(CC3CC4CCC(C3)N4)c2)cc1. The van der Waals surface area contributed by atoms with E-state index in [1.807, 2.05) is 30.3 Å². The normalized spacial score (nSPS) is 21.7. The highest BCUT2D eigenvalue weighted by atomic mass is 16.2. The molecule has 2 unspecified atom stereocenters. The topological polar surface area (TPSA) is 71.0 Å². The van der Waals surface area contributed by atoms with Gasteiger partial charge in [0.25, 0.3) is 0 Å². The molecule has 2 bridgehead atoms. The number of aromatic nitrogens is 2. The first-order chi connectivity index (χ1) is 16.7. The zero-order chi connectivity index (χ0) is 24.6. The van der Waals surface area contributed by atoms with Gasteiger partial charge in [-0.1, -0.05) is 50.6 Å². The van der Waals surface area contributed by atoms with Crippen LogP contribution in [0.2, 0.25) is 0 Å². The Kier molecular flexibility index (Phi) is 6.41. The summed E-state index contributed by atoms with van der Waals surface area (Å²) in [5, 5.41) is 14.6. The standard InChI is InChI=1S/C29H37N5O/c1-19-8-12-25(13-9-19)34-27(18-26(33-34)29(2,3)4)32-28(35)31-22-7-5-6-20(15-22)14-21-16-23-10-11-24(17-21)30-23/h5-9,12-13,15,18,21,23-24,30H,10-11,14,16-17H2,1-4H3,(H2,31,32,35). The van der Waals surface area contributed by atoms with Crippen LogP contribution < -0.4 is 16.0 Å². The maximum Gasteiger partial charge on any atom is 0.324 e. The molecule has 35 heavy (non-hydrogen) atoms. The van der Waals surface area contributed by atoms with Crippen molar-refractivity contribution in [3.8, 4) is 5.69 Å². The molecule has 2 amide bonds. The van der Waals surface area contributed by atoms with Crippen LogP contribution in [0, 0.1) is 12.8 Å². The summed E-state index contributed by atoms with van der Waals surface area (Å²) in [5.41, 5.74) is 4.99. The average Bonchev–Trinajstić information content (AvgIpc) is 3.37. The number of hydrogen-bond donors (Lipinski definition) is 3. The quantitative estimate of drug-likeness (QED) is 0.415. The van der Waals surface area contributed by atoms with Crippen molar-refractivity contribution in [3.63, 3.8) is 0 Å². The Morgan fingerprint density at radius 3 is 2.43 bits per heavy atom. The van der Waals surface area contributed by atoms with Crippen molar-refractivity contribution in [2.24, 2.45) is 5.92 Å². The zero-order valence-electron chi connectivity index (χ0n) is 21.3. The van der Waals surface area contributed by atoms with E-state index in [9.17, 15) is 4.79 Å². The molecule has 5 rings (SSSR count). The molecular weight excluding hydrogens is 434 g/mol. The van der Waals surface area contributed by atoms with Gasteiger partial charge in [0, 0.05) is 29.3 Å². The van der Waals surface area contributed by atoms with E-state index in [0.717, 1.165) is 29.4 Å². The lowest BCUT2D eigenvalue weighted by Crippen LogP contribution is -2.38. The number of nitrogens with zero attached hydrogens (tertiary/aromatic N) is 2. The fourth-order valence-electron chi connectivity index (χ4n) is 5.45. The van der Waals surface area contributed by atoms with E-state index in [2.05, 4.69) is 67.9 Å². The van der Waals surface area contributed by atoms with Crippen LogP contribution in [0.1, 0.15) is 63.3 Å². The largest absolute Gasteiger partial charge is 0.324 e. The maximum absolute atomic E-state index is 13.0. The first kappa shape index (κ1) is 23.6. The lowest BCUT2D eigenvalue weighted by atomic mass is 9.87. The molecule has 0 spiro atoms. The third-order valence-electron chi connectivity index (χ3n) is 7.28. The van der Waals surface area contributed by atoms with Gasteiger partial charge in [0.15, 0.2) is 0 Å². The van der Waals surface area contributed by atoms with E-state index in [4.69, 9.17) is 5.10 Å². The number of fused-ring (bicyclic) bond motifs is 2. The number of rotatable bonds is 5. The summed E-state index contributed by atoms with van der Waals surface area (Å²) < 4.78 is 1.81. The predicted molar refractivity (Wildman–Crippen MR) is 142 cm³/mol. The van der Waals surface area contributed by atoms with Crippen LogP contribution in [0.25, 0.3) is 5.69 Å². The molecule has 3 N–H and O–H groups in total. The smallest absolute Gasteiger partial charge is 0.311 e. The molecule has 6 heteroatoms. The van der Waals surface area contributed by atoms with Crippen molar-refractivity contribution in [2.45, 2.75) is 77.3 Å². The molecule has 1 aromatic heterocycles. The fourth-order valence-corrected chi connectivity index (χ4v) is 5.45. The molecule has 2 aliphatic heterocycles. The number of urea groups is 1. The number of carbonyl (C=O) groups is 1. The van der Waals surface area contributed by atoms with Crippen molar-refractivity contribution < 1.29 is 4.79 Å². The zero-order valence-corrected chi connectivity index (χ0v) is 21.3. The fraction of sp³-hybridized carbons (Fsp3) is 0.448. The second-order valence-electron chi connectivity index (χ2n) is 11.4. The summed E-state index contributed by atoms with van der Waals surface area (Å²) >= 11 is 0. The number of amides is 2. The van der Waals surface area contributed by atoms with Gasteiger partial charge in [-0.25, -0.2) is 9.48 Å². The Bertz CT molecular complexity index is 1180. The maximum atomic E-state index is 13.0. The predicted octanol–water partition coefficient (Wildman–Crippen LogP) is 6.20. The summed E-state index contributed by atoms with van der Waals surface area (Å²) in [4.78, 5) is 13.0. The monoisotopic (exact) mass is 471 g/mol. The van der Waals surface area contributed by atoms with Gasteiger partial charge in [0.2, 0.25) is 0 Å². The first-order valence-electron chi connectivity index (χ1n) is 12.8. The van der Waals surface area contributed by atoms with Gasteiger partial charge in [-0.2, -0.15) is 5.10 Å². The highest BCUT2D eigenvalue weighted by molar-refractivity contribution is 5.99. The molecular formula is C29H37N5O. The van der Waals surface area contributed by atoms with E-state index in [-0.39, 0.29) is 11.4 Å². The Labute approximate surface area is 208 Å². The minimum atomic E-state index is -0.268. The van der Waals surface area contributed by atoms with Gasteiger partial charge in [0.05, 0.1) is 11.4 Å². The minimum absolute atomic E-state index is 0.134. The molecule has 6 nitrogen and oxygen atoms in total. The van der Waals surface area contributed by atoms with Gasteiger partial charge in [-0.15, -0.1) is 0 Å². The molecule has 3 heterocycles. The lowest BCUT2D eigenvalue weighted by molar-refractivity contribution is 0.262. The molecule has 2 fully saturated rings. The summed E-state index contributed by atoms with van der Waals surface area (Å²) in [6, 6.07) is 19.5. The molecule has 0 radical (unpaired) electrons. The van der Waals surface area contributed by atoms with E-state index >= 15 is 0 Å². The summed E-state index contributed by atoms with van der Waals surface area (Å²) in [6.45, 7) is 8.43. The van der Waals surface area contributed by atoms with Crippen molar-refractivity contribution in [3.05, 3.63) is 71.4 Å². The van der Waals surface area contributed by atoms with Crippen LogP contribution >= 0.6 is 0 Å². The third-order valence-corrected chi connectivity index (χ3v) is 7.28. The number of hydrogen-bond acceptors (Lipinski definition) is 3. The van der Waals surface area contributed by atoms with Crippen molar-refractivity contribution in [1.82, 2.24) is 15.1 Å². The highest BCUT2D eigenvalue weighted by Gasteiger charge is 2.33. The van der Waals surface area contributed by atoms with Gasteiger partial charge < -0.3 is 10.6 Å². The molecule has 0 aliphatic carbocycles. The van der Waals surface area contributed by atoms with E-state index < -0.39 is 0 Å². The highest BCUT2D eigenvalue weighted by Crippen LogP contribution is 2.33. The summed E-state index contributed by atoms with van der Waals surface area (Å²) in [5.74, 6) is 1.37. The number of aryl methyl sites for hydroxylation is 1. The Morgan fingerprint density at radius 2 is 1.74 bits per heavy atom. The van der Waals surface area contributed by atoms with Crippen LogP contribution in [0.5, 0.6) is 0 Å². The molecule has 0 saturated carbocycles. The molecule has 2 saturated heterocycles. The third kappa shape index (κ3) is 5.59. The number of anilines is 2. The van der Waals surface area contributed by atoms with Crippen LogP contribution in [0.15, 0.2) is 54.6 Å². The van der Waals surface area contributed by atoms with E-state index in [1.54, 1.807) is 4.68 Å². The Hall–Kier alpha value is -3.12. The van der Waals surface area contributed by atoms with Gasteiger partial charge in [-0.3, -0.25) is 5.32 Å². The van der Waals surface area contributed by atoms with Crippen LogP contribution in [0.3, 0.4) is 0 Å². The van der Waals surface area contributed by atoms with Crippen molar-refractivity contribution >= 4 is 17.5 Å². The average molecular weight is 472 g/mol. The van der Waals surface area contributed by atoms with Gasteiger partial charge in [0.1, 0.15) is 5.82 Å². The molecule has 2 aromatic carbocycles. The molecule has 3 aromatic rings. The number of piperidine rings is 1. The van der Waals surface area contributed by atoms with Gasteiger partial charge in [-0.05, 0) is 74.8 Å². The Balaban J connectivity index is 1.29. The van der Waals surface area contributed by atoms with Crippen LogP contribution in [-0.2, 0) is 11.8 Å². The minimum Gasteiger partial charge on any atom is -0.311 e. The molecule has 2 atom stereocenters. The van der Waals surface area contributed by atoms with Crippen molar-refractivity contribution in [1.29, 1.82) is 0 Å². The van der Waals surface area contributed by atoms with E-state index in [0.29, 0.717) is 17.9 Å². The Morgan fingerprint density at radius 1 is 1.03 bits per heavy atom. The number of nitrogens with one attached hydrogen (secondary N) is 3.